The molecule has 9 heteroatoms. The number of hydrogen-bond donors (Lipinski definition) is 3. The van der Waals surface area contributed by atoms with E-state index in [0.29, 0.717) is 19.7 Å². The molecule has 0 bridgehead atoms. The summed E-state index contributed by atoms with van der Waals surface area (Å²) in [4.78, 5) is 17.1. The Kier molecular flexibility index (Phi) is 14.3. The summed E-state index contributed by atoms with van der Waals surface area (Å²) < 4.78 is 11.2. The third kappa shape index (κ3) is 10.6. The summed E-state index contributed by atoms with van der Waals surface area (Å²) in [5.41, 5.74) is 0. The monoisotopic (exact) mass is 524 g/mol. The van der Waals surface area contributed by atoms with Crippen molar-refractivity contribution in [2.75, 3.05) is 46.0 Å². The Hall–Kier alpha value is -0.910. The van der Waals surface area contributed by atoms with Crippen molar-refractivity contribution in [2.24, 2.45) is 4.99 Å². The fourth-order valence-corrected chi connectivity index (χ4v) is 3.32. The number of nitrogens with one attached hydrogen (secondary N) is 3. The molecule has 0 saturated carbocycles. The van der Waals surface area contributed by atoms with Crippen molar-refractivity contribution >= 4 is 47.2 Å². The molecule has 1 amide bonds. The highest BCUT2D eigenvalue weighted by Gasteiger charge is 2.14. The molecule has 1 aliphatic heterocycles. The van der Waals surface area contributed by atoms with E-state index >= 15 is 0 Å². The van der Waals surface area contributed by atoms with E-state index in [1.54, 1.807) is 0 Å². The van der Waals surface area contributed by atoms with Crippen LogP contribution in [0.5, 0.6) is 0 Å². The van der Waals surface area contributed by atoms with Crippen LogP contribution in [-0.4, -0.2) is 64.0 Å². The van der Waals surface area contributed by atoms with Crippen LogP contribution in [-0.2, 0) is 9.47 Å². The topological polar surface area (TPSA) is 84.0 Å². The minimum atomic E-state index is -0.0120. The first-order valence-electron chi connectivity index (χ1n) is 9.83. The standard InChI is InChI=1S/C19H32N4O3S.HI/c1-2-20-19(23-11-6-12-25-15-16-7-3-13-26-16)22-10-5-9-21-18(24)17-8-4-14-27-17;/h4,8,14,16H,2-3,5-7,9-13,15H2,1H3,(H,21,24)(H2,20,22,23);1H. The highest BCUT2D eigenvalue weighted by Crippen LogP contribution is 2.11. The van der Waals surface area contributed by atoms with Gasteiger partial charge in [0, 0.05) is 39.4 Å². The number of nitrogens with zero attached hydrogens (tertiary/aromatic N) is 1. The molecule has 1 unspecified atom stereocenters. The molecular formula is C19H33IN4O3S. The number of halogens is 1. The smallest absolute Gasteiger partial charge is 0.261 e. The number of amides is 1. The SMILES string of the molecule is CCNC(=NCCCNC(=O)c1cccs1)NCCCOCC1CCCO1.I. The molecule has 2 rings (SSSR count). The number of carbonyl (C=O) groups is 1. The Labute approximate surface area is 189 Å². The third-order valence-corrected chi connectivity index (χ3v) is 4.93. The summed E-state index contributed by atoms with van der Waals surface area (Å²) >= 11 is 1.45. The molecule has 0 aromatic carbocycles. The normalized spacial score (nSPS) is 16.5. The van der Waals surface area contributed by atoms with Crippen LogP contribution in [0.2, 0.25) is 0 Å². The van der Waals surface area contributed by atoms with Gasteiger partial charge in [-0.3, -0.25) is 9.79 Å². The lowest BCUT2D eigenvalue weighted by molar-refractivity contribution is 0.0168. The molecule has 2 heterocycles. The molecule has 160 valence electrons. The van der Waals surface area contributed by atoms with Crippen LogP contribution in [0.25, 0.3) is 0 Å². The van der Waals surface area contributed by atoms with Crippen LogP contribution in [0.4, 0.5) is 0 Å². The summed E-state index contributed by atoms with van der Waals surface area (Å²) in [6.45, 7) is 7.25. The van der Waals surface area contributed by atoms with E-state index in [4.69, 9.17) is 9.47 Å². The van der Waals surface area contributed by atoms with E-state index < -0.39 is 0 Å². The van der Waals surface area contributed by atoms with Crippen molar-refractivity contribution in [3.05, 3.63) is 22.4 Å². The van der Waals surface area contributed by atoms with Crippen molar-refractivity contribution in [2.45, 2.75) is 38.7 Å². The van der Waals surface area contributed by atoms with E-state index in [2.05, 4.69) is 20.9 Å². The predicted octanol–water partition coefficient (Wildman–Crippen LogP) is 2.63. The molecule has 1 aromatic rings. The Bertz CT molecular complexity index is 551. The van der Waals surface area contributed by atoms with Gasteiger partial charge in [-0.15, -0.1) is 35.3 Å². The Morgan fingerprint density at radius 3 is 2.89 bits per heavy atom. The maximum absolute atomic E-state index is 11.8. The molecular weight excluding hydrogens is 491 g/mol. The van der Waals surface area contributed by atoms with Gasteiger partial charge < -0.3 is 25.4 Å². The molecule has 3 N–H and O–H groups in total. The lowest BCUT2D eigenvalue weighted by Crippen LogP contribution is -2.38. The molecule has 1 fully saturated rings. The largest absolute Gasteiger partial charge is 0.379 e. The van der Waals surface area contributed by atoms with Gasteiger partial charge in [-0.2, -0.15) is 0 Å². The van der Waals surface area contributed by atoms with Crippen LogP contribution in [0.3, 0.4) is 0 Å². The first-order chi connectivity index (χ1) is 13.3. The fourth-order valence-electron chi connectivity index (χ4n) is 2.68. The predicted molar refractivity (Wildman–Crippen MR) is 125 cm³/mol. The van der Waals surface area contributed by atoms with Gasteiger partial charge in [0.1, 0.15) is 0 Å². The average Bonchev–Trinajstić information content (AvgIpc) is 3.37. The van der Waals surface area contributed by atoms with Crippen molar-refractivity contribution in [1.82, 2.24) is 16.0 Å². The second-order valence-corrected chi connectivity index (χ2v) is 7.29. The van der Waals surface area contributed by atoms with E-state index in [1.165, 1.54) is 11.3 Å². The molecule has 1 saturated heterocycles. The van der Waals surface area contributed by atoms with Crippen molar-refractivity contribution in [3.8, 4) is 0 Å². The molecule has 1 atom stereocenters. The van der Waals surface area contributed by atoms with Gasteiger partial charge in [-0.05, 0) is 44.1 Å². The zero-order chi connectivity index (χ0) is 19.2. The van der Waals surface area contributed by atoms with E-state index in [9.17, 15) is 4.79 Å². The van der Waals surface area contributed by atoms with E-state index in [0.717, 1.165) is 62.8 Å². The van der Waals surface area contributed by atoms with Crippen LogP contribution >= 0.6 is 35.3 Å². The highest BCUT2D eigenvalue weighted by atomic mass is 127. The Morgan fingerprint density at radius 1 is 1.32 bits per heavy atom. The molecule has 0 radical (unpaired) electrons. The number of thiophene rings is 1. The summed E-state index contributed by atoms with van der Waals surface area (Å²) in [5, 5.41) is 11.4. The number of guanidine groups is 1. The number of ether oxygens (including phenoxy) is 2. The molecule has 7 nitrogen and oxygen atoms in total. The van der Waals surface area contributed by atoms with Crippen LogP contribution in [0.1, 0.15) is 42.3 Å². The Balaban J connectivity index is 0.00000392. The van der Waals surface area contributed by atoms with Gasteiger partial charge in [-0.1, -0.05) is 6.07 Å². The van der Waals surface area contributed by atoms with Crippen molar-refractivity contribution in [1.29, 1.82) is 0 Å². The maximum atomic E-state index is 11.8. The van der Waals surface area contributed by atoms with E-state index in [-0.39, 0.29) is 36.0 Å². The minimum Gasteiger partial charge on any atom is -0.379 e. The molecule has 0 spiro atoms. The zero-order valence-electron chi connectivity index (χ0n) is 16.6. The van der Waals surface area contributed by atoms with Crippen molar-refractivity contribution in [3.63, 3.8) is 0 Å². The fraction of sp³-hybridized carbons (Fsp3) is 0.684. The second-order valence-electron chi connectivity index (χ2n) is 6.34. The molecule has 28 heavy (non-hydrogen) atoms. The van der Waals surface area contributed by atoms with Gasteiger partial charge in [0.25, 0.3) is 5.91 Å². The number of carbonyl (C=O) groups excluding carboxylic acids is 1. The summed E-state index contributed by atoms with van der Waals surface area (Å²) in [6, 6.07) is 3.71. The third-order valence-electron chi connectivity index (χ3n) is 4.07. The molecule has 0 aliphatic carbocycles. The average molecular weight is 524 g/mol. The van der Waals surface area contributed by atoms with E-state index in [1.807, 2.05) is 24.4 Å². The number of aliphatic imine (C=N–C) groups is 1. The van der Waals surface area contributed by atoms with Gasteiger partial charge in [-0.25, -0.2) is 0 Å². The molecule has 1 aliphatic rings. The number of rotatable bonds is 12. The zero-order valence-corrected chi connectivity index (χ0v) is 19.7. The summed E-state index contributed by atoms with van der Waals surface area (Å²) in [7, 11) is 0. The second kappa shape index (κ2) is 15.9. The van der Waals surface area contributed by atoms with Gasteiger partial charge in [0.2, 0.25) is 0 Å². The summed E-state index contributed by atoms with van der Waals surface area (Å²) in [6.07, 6.45) is 4.28. The minimum absolute atomic E-state index is 0. The van der Waals surface area contributed by atoms with Gasteiger partial charge >= 0.3 is 0 Å². The molecule has 1 aromatic heterocycles. The first kappa shape index (κ1) is 25.1. The summed E-state index contributed by atoms with van der Waals surface area (Å²) in [5.74, 6) is 0.795. The lowest BCUT2D eigenvalue weighted by atomic mass is 10.2. The number of hydrogen-bond acceptors (Lipinski definition) is 5. The Morgan fingerprint density at radius 2 is 2.18 bits per heavy atom. The lowest BCUT2D eigenvalue weighted by Gasteiger charge is -2.12. The van der Waals surface area contributed by atoms with Crippen LogP contribution in [0.15, 0.2) is 22.5 Å². The van der Waals surface area contributed by atoms with Crippen molar-refractivity contribution < 1.29 is 14.3 Å². The van der Waals surface area contributed by atoms with Crippen LogP contribution < -0.4 is 16.0 Å². The van der Waals surface area contributed by atoms with Gasteiger partial charge in [0.05, 0.1) is 17.6 Å². The van der Waals surface area contributed by atoms with Crippen LogP contribution in [0, 0.1) is 0 Å². The van der Waals surface area contributed by atoms with Gasteiger partial charge in [0.15, 0.2) is 5.96 Å². The highest BCUT2D eigenvalue weighted by molar-refractivity contribution is 14.0. The first-order valence-corrected chi connectivity index (χ1v) is 10.7. The maximum Gasteiger partial charge on any atom is 0.261 e. The quantitative estimate of drug-likeness (QED) is 0.170.